The van der Waals surface area contributed by atoms with Gasteiger partial charge in [0.25, 0.3) is 0 Å². The minimum Gasteiger partial charge on any atom is -0.443 e. The molecule has 5 rings (SSSR count). The molecule has 0 bridgehead atoms. The molecule has 0 unspecified atom stereocenters. The second-order valence-electron chi connectivity index (χ2n) is 9.95. The first kappa shape index (κ1) is 22.9. The van der Waals surface area contributed by atoms with E-state index in [1.165, 1.54) is 16.7 Å². The topological polar surface area (TPSA) is 44.1 Å². The van der Waals surface area contributed by atoms with Gasteiger partial charge in [-0.1, -0.05) is 78.9 Å². The molecule has 0 fully saturated rings. The number of carbonyl (C=O) groups is 1. The van der Waals surface area contributed by atoms with E-state index in [-0.39, 0.29) is 0 Å². The van der Waals surface area contributed by atoms with Gasteiger partial charge in [0.15, 0.2) is 5.65 Å². The molecule has 2 aromatic heterocycles. The number of pyridine rings is 1. The molecule has 0 amide bonds. The molecule has 0 N–H and O–H groups in total. The Morgan fingerprint density at radius 3 is 2.11 bits per heavy atom. The van der Waals surface area contributed by atoms with E-state index in [1.54, 1.807) is 4.57 Å². The monoisotopic (exact) mass is 462 g/mol. The van der Waals surface area contributed by atoms with E-state index in [2.05, 4.69) is 60.7 Å². The van der Waals surface area contributed by atoms with Gasteiger partial charge in [-0.2, -0.15) is 0 Å². The third-order valence-electron chi connectivity index (χ3n) is 6.12. The second-order valence-corrected chi connectivity index (χ2v) is 9.95. The number of para-hydroxylation sites is 1. The first-order valence-corrected chi connectivity index (χ1v) is 12.1. The second kappa shape index (κ2) is 9.38. The van der Waals surface area contributed by atoms with Crippen LogP contribution < -0.4 is 0 Å². The summed E-state index contributed by atoms with van der Waals surface area (Å²) in [4.78, 5) is 18.5. The molecule has 0 spiro atoms. The highest BCUT2D eigenvalue weighted by Gasteiger charge is 2.24. The molecule has 0 saturated heterocycles. The van der Waals surface area contributed by atoms with Gasteiger partial charge in [-0.25, -0.2) is 14.3 Å². The van der Waals surface area contributed by atoms with Crippen LogP contribution in [-0.2, 0) is 24.0 Å². The summed E-state index contributed by atoms with van der Waals surface area (Å²) in [5.41, 5.74) is 5.58. The van der Waals surface area contributed by atoms with Crippen LogP contribution in [0.25, 0.3) is 21.9 Å². The number of aromatic nitrogens is 2. The minimum absolute atomic E-state index is 0.402. The van der Waals surface area contributed by atoms with Gasteiger partial charge < -0.3 is 4.74 Å². The lowest BCUT2D eigenvalue weighted by Crippen LogP contribution is -2.27. The van der Waals surface area contributed by atoms with Crippen molar-refractivity contribution in [1.82, 2.24) is 9.55 Å². The molecule has 0 aliphatic carbocycles. The van der Waals surface area contributed by atoms with Gasteiger partial charge in [-0.3, -0.25) is 0 Å². The number of hydrogen-bond donors (Lipinski definition) is 0. The molecule has 0 saturated carbocycles. The Labute approximate surface area is 206 Å². The van der Waals surface area contributed by atoms with Crippen molar-refractivity contribution >= 4 is 28.0 Å². The molecule has 4 heteroatoms. The Hall–Kier alpha value is -3.92. The molecule has 0 atom stereocenters. The van der Waals surface area contributed by atoms with Crippen LogP contribution in [0.2, 0.25) is 0 Å². The fourth-order valence-electron chi connectivity index (χ4n) is 4.55. The van der Waals surface area contributed by atoms with Crippen LogP contribution in [0.15, 0.2) is 91.0 Å². The molecule has 4 nitrogen and oxygen atoms in total. The molecule has 0 aliphatic heterocycles. The van der Waals surface area contributed by atoms with Gasteiger partial charge in [0, 0.05) is 16.5 Å². The molecule has 3 aromatic carbocycles. The largest absolute Gasteiger partial charge is 0.443 e. The number of hydrogen-bond acceptors (Lipinski definition) is 3. The van der Waals surface area contributed by atoms with Crippen molar-refractivity contribution in [2.45, 2.75) is 45.6 Å². The molecule has 35 heavy (non-hydrogen) atoms. The highest BCUT2D eigenvalue weighted by molar-refractivity contribution is 6.11. The highest BCUT2D eigenvalue weighted by Crippen LogP contribution is 2.31. The first-order valence-electron chi connectivity index (χ1n) is 12.1. The van der Waals surface area contributed by atoms with Crippen LogP contribution in [0.4, 0.5) is 4.79 Å². The van der Waals surface area contributed by atoms with Gasteiger partial charge in [-0.15, -0.1) is 0 Å². The van der Waals surface area contributed by atoms with Crippen molar-refractivity contribution in [2.75, 3.05) is 0 Å². The number of fused-ring (bicyclic) bond motifs is 3. The van der Waals surface area contributed by atoms with E-state index >= 15 is 0 Å². The summed E-state index contributed by atoms with van der Waals surface area (Å²) in [6.45, 7) is 5.65. The van der Waals surface area contributed by atoms with E-state index < -0.39 is 11.7 Å². The highest BCUT2D eigenvalue weighted by atomic mass is 16.6. The molecule has 2 heterocycles. The van der Waals surface area contributed by atoms with Crippen molar-refractivity contribution in [2.24, 2.45) is 0 Å². The van der Waals surface area contributed by atoms with Crippen molar-refractivity contribution in [3.05, 3.63) is 113 Å². The van der Waals surface area contributed by atoms with Crippen LogP contribution in [0, 0.1) is 0 Å². The number of rotatable bonds is 5. The van der Waals surface area contributed by atoms with Crippen LogP contribution in [-0.4, -0.2) is 21.2 Å². The van der Waals surface area contributed by atoms with E-state index in [1.807, 2.05) is 51.1 Å². The third kappa shape index (κ3) is 4.97. The normalized spacial score (nSPS) is 11.7. The number of aryl methyl sites for hydroxylation is 2. The van der Waals surface area contributed by atoms with Crippen LogP contribution >= 0.6 is 0 Å². The summed E-state index contributed by atoms with van der Waals surface area (Å²) >= 11 is 0. The fourth-order valence-corrected chi connectivity index (χ4v) is 4.55. The summed E-state index contributed by atoms with van der Waals surface area (Å²) in [5, 5.41) is 1.98. The average molecular weight is 463 g/mol. The molecular weight excluding hydrogens is 432 g/mol. The molecule has 0 radical (unpaired) electrons. The van der Waals surface area contributed by atoms with E-state index in [9.17, 15) is 4.79 Å². The Morgan fingerprint density at radius 2 is 1.43 bits per heavy atom. The maximum atomic E-state index is 13.3. The predicted molar refractivity (Wildman–Crippen MR) is 142 cm³/mol. The van der Waals surface area contributed by atoms with E-state index in [4.69, 9.17) is 9.72 Å². The lowest BCUT2D eigenvalue weighted by atomic mass is 9.98. The lowest BCUT2D eigenvalue weighted by Gasteiger charge is -2.20. The SMILES string of the molecule is CC(C)(C)OC(=O)n1c2ccccc2c2cc(Cc3ccccc3)c(CCc3ccccc3)nc21. The zero-order chi connectivity index (χ0) is 24.4. The van der Waals surface area contributed by atoms with Gasteiger partial charge >= 0.3 is 6.09 Å². The van der Waals surface area contributed by atoms with Gasteiger partial charge in [-0.05, 0) is 68.9 Å². The fraction of sp³-hybridized carbons (Fsp3) is 0.226. The Morgan fingerprint density at radius 1 is 0.800 bits per heavy atom. The smallest absolute Gasteiger partial charge is 0.420 e. The first-order chi connectivity index (χ1) is 16.9. The summed E-state index contributed by atoms with van der Waals surface area (Å²) in [6.07, 6.45) is 2.06. The standard InChI is InChI=1S/C31H30N2O2/c1-31(2,3)35-30(34)33-28-17-11-10-16-25(28)26-21-24(20-23-14-8-5-9-15-23)27(32-29(26)33)19-18-22-12-6-4-7-13-22/h4-17,21H,18-20H2,1-3H3. The Bertz CT molecular complexity index is 1480. The zero-order valence-corrected chi connectivity index (χ0v) is 20.5. The van der Waals surface area contributed by atoms with Crippen LogP contribution in [0.1, 0.15) is 43.2 Å². The third-order valence-corrected chi connectivity index (χ3v) is 6.12. The minimum atomic E-state index is -0.599. The number of benzene rings is 3. The van der Waals surface area contributed by atoms with Crippen molar-refractivity contribution < 1.29 is 9.53 Å². The van der Waals surface area contributed by atoms with Crippen molar-refractivity contribution in [3.8, 4) is 0 Å². The Kier molecular flexibility index (Phi) is 6.12. The number of carbonyl (C=O) groups excluding carboxylic acids is 1. The van der Waals surface area contributed by atoms with Gasteiger partial charge in [0.05, 0.1) is 5.52 Å². The summed E-state index contributed by atoms with van der Waals surface area (Å²) in [6, 6.07) is 31.1. The maximum absolute atomic E-state index is 13.3. The molecule has 5 aromatic rings. The quantitative estimate of drug-likeness (QED) is 0.274. The van der Waals surface area contributed by atoms with Gasteiger partial charge in [0.2, 0.25) is 0 Å². The molecular formula is C31H30N2O2. The number of ether oxygens (including phenoxy) is 1. The molecule has 176 valence electrons. The Balaban J connectivity index is 1.67. The summed E-state index contributed by atoms with van der Waals surface area (Å²) in [7, 11) is 0. The predicted octanol–water partition coefficient (Wildman–Crippen LogP) is 7.35. The average Bonchev–Trinajstić information content (AvgIpc) is 3.16. The van der Waals surface area contributed by atoms with Gasteiger partial charge in [0.1, 0.15) is 5.60 Å². The van der Waals surface area contributed by atoms with Crippen LogP contribution in [0.3, 0.4) is 0 Å². The number of nitrogens with zero attached hydrogens (tertiary/aromatic N) is 2. The summed E-state index contributed by atoms with van der Waals surface area (Å²) < 4.78 is 7.41. The van der Waals surface area contributed by atoms with E-state index in [0.29, 0.717) is 5.65 Å². The molecule has 0 aliphatic rings. The van der Waals surface area contributed by atoms with Crippen LogP contribution in [0.5, 0.6) is 0 Å². The summed E-state index contributed by atoms with van der Waals surface area (Å²) in [5.74, 6) is 0. The van der Waals surface area contributed by atoms with E-state index in [0.717, 1.165) is 41.2 Å². The lowest BCUT2D eigenvalue weighted by molar-refractivity contribution is 0.0550. The van der Waals surface area contributed by atoms with Crippen molar-refractivity contribution in [3.63, 3.8) is 0 Å². The zero-order valence-electron chi connectivity index (χ0n) is 20.5. The maximum Gasteiger partial charge on any atom is 0.420 e. The van der Waals surface area contributed by atoms with Crippen molar-refractivity contribution in [1.29, 1.82) is 0 Å².